The fourth-order valence-corrected chi connectivity index (χ4v) is 4.14. The van der Waals surface area contributed by atoms with E-state index in [4.69, 9.17) is 9.47 Å². The number of non-ortho nitro benzene ring substituents is 1. The number of hydroxylamine groups is 1. The SMILES string of the molecule is CCOCOC[C@H](CC(Cc1cccc([N+](=O)[O-])c1)C(=O)NO)NC(=O)C1CCC(C)CC1. The van der Waals surface area contributed by atoms with Crippen LogP contribution in [-0.2, 0) is 25.5 Å². The molecule has 33 heavy (non-hydrogen) atoms. The minimum Gasteiger partial charge on any atom is -0.356 e. The largest absolute Gasteiger partial charge is 0.356 e. The van der Waals surface area contributed by atoms with Gasteiger partial charge in [-0.25, -0.2) is 5.48 Å². The monoisotopic (exact) mass is 465 g/mol. The first kappa shape index (κ1) is 26.7. The number of carbonyl (C=O) groups excluding carboxylic acids is 2. The lowest BCUT2D eigenvalue weighted by Gasteiger charge is -2.29. The van der Waals surface area contributed by atoms with E-state index >= 15 is 0 Å². The van der Waals surface area contributed by atoms with Gasteiger partial charge in [0.1, 0.15) is 6.79 Å². The molecule has 1 aliphatic carbocycles. The first-order valence-corrected chi connectivity index (χ1v) is 11.5. The lowest BCUT2D eigenvalue weighted by Crippen LogP contribution is -2.45. The van der Waals surface area contributed by atoms with Crippen molar-refractivity contribution in [3.8, 4) is 0 Å². The van der Waals surface area contributed by atoms with Crippen molar-refractivity contribution in [3.63, 3.8) is 0 Å². The molecule has 2 atom stereocenters. The number of rotatable bonds is 13. The molecule has 0 radical (unpaired) electrons. The summed E-state index contributed by atoms with van der Waals surface area (Å²) in [6.07, 6.45) is 4.02. The maximum Gasteiger partial charge on any atom is 0.269 e. The van der Waals surface area contributed by atoms with Crippen LogP contribution in [0.15, 0.2) is 24.3 Å². The molecular formula is C23H35N3O7. The van der Waals surface area contributed by atoms with Crippen LogP contribution in [0.2, 0.25) is 0 Å². The number of nitrogens with zero attached hydrogens (tertiary/aromatic N) is 1. The van der Waals surface area contributed by atoms with Gasteiger partial charge in [-0.2, -0.15) is 0 Å². The van der Waals surface area contributed by atoms with Crippen LogP contribution < -0.4 is 10.8 Å². The maximum absolute atomic E-state index is 12.9. The standard InChI is InChI=1S/C23H35N3O7/c1-3-32-15-33-14-20(24-22(27)18-9-7-16(2)8-10-18)13-19(23(28)25-29)11-17-5-4-6-21(12-17)26(30)31/h4-6,12,16,18-20,29H,3,7-11,13-15H2,1-2H3,(H,24,27)(H,25,28)/t16?,18?,19?,20-/m0/s1. The Kier molecular flexibility index (Phi) is 11.2. The molecule has 0 heterocycles. The van der Waals surface area contributed by atoms with Gasteiger partial charge in [-0.1, -0.05) is 19.1 Å². The van der Waals surface area contributed by atoms with Gasteiger partial charge in [0.2, 0.25) is 11.8 Å². The van der Waals surface area contributed by atoms with Crippen LogP contribution in [0.5, 0.6) is 0 Å². The fraction of sp³-hybridized carbons (Fsp3) is 0.652. The van der Waals surface area contributed by atoms with Crippen LogP contribution >= 0.6 is 0 Å². The number of ether oxygens (including phenoxy) is 2. The minimum absolute atomic E-state index is 0.0611. The van der Waals surface area contributed by atoms with Gasteiger partial charge in [-0.3, -0.25) is 24.9 Å². The van der Waals surface area contributed by atoms with Crippen molar-refractivity contribution in [2.24, 2.45) is 17.8 Å². The summed E-state index contributed by atoms with van der Waals surface area (Å²) in [5.41, 5.74) is 2.18. The molecule has 3 N–H and O–H groups in total. The Morgan fingerprint density at radius 1 is 1.24 bits per heavy atom. The number of hydrogen-bond donors (Lipinski definition) is 3. The lowest BCUT2D eigenvalue weighted by molar-refractivity contribution is -0.384. The van der Waals surface area contributed by atoms with Crippen LogP contribution in [0, 0.1) is 27.9 Å². The number of carbonyl (C=O) groups is 2. The van der Waals surface area contributed by atoms with Crippen LogP contribution in [0.3, 0.4) is 0 Å². The van der Waals surface area contributed by atoms with E-state index in [-0.39, 0.29) is 43.8 Å². The van der Waals surface area contributed by atoms with Crippen LogP contribution in [0.25, 0.3) is 0 Å². The highest BCUT2D eigenvalue weighted by Gasteiger charge is 2.29. The molecule has 1 fully saturated rings. The molecule has 1 aliphatic rings. The number of hydrogen-bond acceptors (Lipinski definition) is 7. The Balaban J connectivity index is 2.10. The van der Waals surface area contributed by atoms with Crippen LogP contribution in [0.4, 0.5) is 5.69 Å². The summed E-state index contributed by atoms with van der Waals surface area (Å²) in [5.74, 6) is -0.878. The molecule has 0 saturated heterocycles. The van der Waals surface area contributed by atoms with Crippen molar-refractivity contribution in [3.05, 3.63) is 39.9 Å². The van der Waals surface area contributed by atoms with E-state index in [2.05, 4.69) is 12.2 Å². The maximum atomic E-state index is 12.9. The molecular weight excluding hydrogens is 430 g/mol. The second-order valence-electron chi connectivity index (χ2n) is 8.68. The quantitative estimate of drug-likeness (QED) is 0.134. The highest BCUT2D eigenvalue weighted by Crippen LogP contribution is 2.28. The highest BCUT2D eigenvalue weighted by atomic mass is 16.7. The van der Waals surface area contributed by atoms with E-state index in [1.54, 1.807) is 17.6 Å². The molecule has 0 bridgehead atoms. The number of nitro groups is 1. The zero-order chi connectivity index (χ0) is 24.2. The molecule has 2 amide bonds. The minimum atomic E-state index is -0.732. The second kappa shape index (κ2) is 13.9. The van der Waals surface area contributed by atoms with Crippen LogP contribution in [-0.4, -0.2) is 48.0 Å². The molecule has 1 unspecified atom stereocenters. The summed E-state index contributed by atoms with van der Waals surface area (Å²) < 4.78 is 10.7. The van der Waals surface area contributed by atoms with Crippen molar-refractivity contribution in [2.75, 3.05) is 20.0 Å². The Morgan fingerprint density at radius 3 is 2.61 bits per heavy atom. The third kappa shape index (κ3) is 9.07. The van der Waals surface area contributed by atoms with Gasteiger partial charge in [-0.05, 0) is 56.9 Å². The third-order valence-corrected chi connectivity index (χ3v) is 6.08. The van der Waals surface area contributed by atoms with Crippen LogP contribution in [0.1, 0.15) is 51.5 Å². The number of nitrogens with one attached hydrogen (secondary N) is 2. The molecule has 0 spiro atoms. The van der Waals surface area contributed by atoms with Gasteiger partial charge in [-0.15, -0.1) is 0 Å². The van der Waals surface area contributed by atoms with Crippen molar-refractivity contribution < 1.29 is 29.2 Å². The molecule has 0 aliphatic heterocycles. The zero-order valence-electron chi connectivity index (χ0n) is 19.3. The van der Waals surface area contributed by atoms with E-state index in [9.17, 15) is 24.9 Å². The van der Waals surface area contributed by atoms with Crippen molar-refractivity contribution in [1.82, 2.24) is 10.8 Å². The van der Waals surface area contributed by atoms with E-state index < -0.39 is 22.8 Å². The normalized spacial score (nSPS) is 20.0. The Morgan fingerprint density at radius 2 is 1.97 bits per heavy atom. The van der Waals surface area contributed by atoms with Gasteiger partial charge < -0.3 is 14.8 Å². The summed E-state index contributed by atoms with van der Waals surface area (Å²) >= 11 is 0. The molecule has 0 aromatic heterocycles. The number of benzene rings is 1. The van der Waals surface area contributed by atoms with Gasteiger partial charge >= 0.3 is 0 Å². The fourth-order valence-electron chi connectivity index (χ4n) is 4.14. The Bertz CT molecular complexity index is 781. The molecule has 1 aromatic carbocycles. The molecule has 1 aromatic rings. The lowest BCUT2D eigenvalue weighted by atomic mass is 9.82. The molecule has 184 valence electrons. The average Bonchev–Trinajstić information content (AvgIpc) is 2.81. The van der Waals surface area contributed by atoms with Crippen molar-refractivity contribution >= 4 is 17.5 Å². The Labute approximate surface area is 194 Å². The second-order valence-corrected chi connectivity index (χ2v) is 8.68. The average molecular weight is 466 g/mol. The highest BCUT2D eigenvalue weighted by molar-refractivity contribution is 5.80. The molecule has 10 heteroatoms. The van der Waals surface area contributed by atoms with Gasteiger partial charge in [0.05, 0.1) is 17.6 Å². The predicted octanol–water partition coefficient (Wildman–Crippen LogP) is 2.97. The third-order valence-electron chi connectivity index (χ3n) is 6.08. The summed E-state index contributed by atoms with van der Waals surface area (Å²) in [7, 11) is 0. The summed E-state index contributed by atoms with van der Waals surface area (Å²) in [4.78, 5) is 35.9. The Hall–Kier alpha value is -2.56. The summed E-state index contributed by atoms with van der Waals surface area (Å²) in [6.45, 7) is 4.71. The predicted molar refractivity (Wildman–Crippen MR) is 120 cm³/mol. The first-order chi connectivity index (χ1) is 15.8. The smallest absolute Gasteiger partial charge is 0.269 e. The van der Waals surface area contributed by atoms with E-state index in [1.165, 1.54) is 12.1 Å². The summed E-state index contributed by atoms with van der Waals surface area (Å²) in [5, 5.41) is 23.3. The summed E-state index contributed by atoms with van der Waals surface area (Å²) in [6, 6.07) is 5.53. The van der Waals surface area contributed by atoms with E-state index in [1.807, 2.05) is 6.92 Å². The molecule has 2 rings (SSSR count). The van der Waals surface area contributed by atoms with Gasteiger partial charge in [0, 0.05) is 30.6 Å². The van der Waals surface area contributed by atoms with E-state index in [0.29, 0.717) is 18.1 Å². The molecule has 10 nitrogen and oxygen atoms in total. The number of amides is 2. The number of nitro benzene ring substituents is 1. The van der Waals surface area contributed by atoms with Gasteiger partial charge in [0.25, 0.3) is 5.69 Å². The van der Waals surface area contributed by atoms with E-state index in [0.717, 1.165) is 25.7 Å². The zero-order valence-corrected chi connectivity index (χ0v) is 19.3. The van der Waals surface area contributed by atoms with Crippen molar-refractivity contribution in [2.45, 2.75) is 58.4 Å². The van der Waals surface area contributed by atoms with Gasteiger partial charge in [0.15, 0.2) is 0 Å². The molecule has 1 saturated carbocycles. The first-order valence-electron chi connectivity index (χ1n) is 11.5. The van der Waals surface area contributed by atoms with Crippen molar-refractivity contribution in [1.29, 1.82) is 0 Å². The topological polar surface area (TPSA) is 140 Å².